The molecular weight excluding hydrogens is 289 g/mol. The summed E-state index contributed by atoms with van der Waals surface area (Å²) in [4.78, 5) is 0. The van der Waals surface area contributed by atoms with E-state index in [1.54, 1.807) is 0 Å². The fourth-order valence-electron chi connectivity index (χ4n) is 1.09. The van der Waals surface area contributed by atoms with Crippen LogP contribution in [0, 0.1) is 3.57 Å². The van der Waals surface area contributed by atoms with E-state index < -0.39 is 0 Å². The van der Waals surface area contributed by atoms with E-state index in [2.05, 4.69) is 46.1 Å². The summed E-state index contributed by atoms with van der Waals surface area (Å²) >= 11 is 2.31. The van der Waals surface area contributed by atoms with E-state index in [0.29, 0.717) is 6.10 Å². The molecule has 1 aromatic rings. The molecule has 1 aromatic carbocycles. The number of hydrogen-bond donors (Lipinski definition) is 1. The van der Waals surface area contributed by atoms with Gasteiger partial charge in [-0.15, -0.1) is 0 Å². The van der Waals surface area contributed by atoms with E-state index in [9.17, 15) is 0 Å². The molecule has 0 aromatic heterocycles. The minimum Gasteiger partial charge on any atom is -0.383 e. The molecule has 0 aliphatic heterocycles. The molecule has 0 spiro atoms. The van der Waals surface area contributed by atoms with Gasteiger partial charge in [-0.3, -0.25) is 0 Å². The Hall–Kier alpha value is -0.290. The van der Waals surface area contributed by atoms with Crippen LogP contribution < -0.4 is 5.32 Å². The van der Waals surface area contributed by atoms with Crippen molar-refractivity contribution < 1.29 is 4.74 Å². The Morgan fingerprint density at radius 2 is 2.21 bits per heavy atom. The first-order chi connectivity index (χ1) is 6.68. The van der Waals surface area contributed by atoms with Crippen molar-refractivity contribution in [2.45, 2.75) is 20.0 Å². The van der Waals surface area contributed by atoms with Crippen molar-refractivity contribution in [3.8, 4) is 0 Å². The monoisotopic (exact) mass is 305 g/mol. The minimum absolute atomic E-state index is 0.313. The van der Waals surface area contributed by atoms with Crippen LogP contribution in [-0.4, -0.2) is 19.3 Å². The number of anilines is 1. The molecule has 0 saturated heterocycles. The lowest BCUT2D eigenvalue weighted by Gasteiger charge is -2.09. The second-order valence-corrected chi connectivity index (χ2v) is 4.60. The van der Waals surface area contributed by atoms with Gasteiger partial charge in [-0.1, -0.05) is 6.07 Å². The molecule has 3 heteroatoms. The quantitative estimate of drug-likeness (QED) is 0.666. The zero-order chi connectivity index (χ0) is 10.4. The zero-order valence-electron chi connectivity index (χ0n) is 8.59. The van der Waals surface area contributed by atoms with Crippen LogP contribution >= 0.6 is 22.6 Å². The number of hydrogen-bond acceptors (Lipinski definition) is 2. The number of nitrogens with one attached hydrogen (secondary N) is 1. The molecule has 0 radical (unpaired) electrons. The maximum Gasteiger partial charge on any atom is 0.0642 e. The van der Waals surface area contributed by atoms with E-state index >= 15 is 0 Å². The Balaban J connectivity index is 2.25. The van der Waals surface area contributed by atoms with Gasteiger partial charge in [0.25, 0.3) is 0 Å². The molecule has 78 valence electrons. The number of halogens is 1. The molecule has 2 nitrogen and oxygen atoms in total. The zero-order valence-corrected chi connectivity index (χ0v) is 10.7. The van der Waals surface area contributed by atoms with Crippen LogP contribution in [0.4, 0.5) is 5.69 Å². The van der Waals surface area contributed by atoms with Crippen molar-refractivity contribution in [3.63, 3.8) is 0 Å². The summed E-state index contributed by atoms with van der Waals surface area (Å²) in [6.07, 6.45) is 0.313. The smallest absolute Gasteiger partial charge is 0.0642 e. The molecular formula is C11H16INO. The van der Waals surface area contributed by atoms with Crippen LogP contribution in [0.2, 0.25) is 0 Å². The third-order valence-electron chi connectivity index (χ3n) is 1.71. The highest BCUT2D eigenvalue weighted by Gasteiger charge is 1.94. The van der Waals surface area contributed by atoms with Crippen LogP contribution in [0.1, 0.15) is 13.8 Å². The van der Waals surface area contributed by atoms with E-state index in [1.165, 1.54) is 3.57 Å². The lowest BCUT2D eigenvalue weighted by atomic mass is 10.3. The molecule has 0 fully saturated rings. The van der Waals surface area contributed by atoms with Gasteiger partial charge in [0.2, 0.25) is 0 Å². The van der Waals surface area contributed by atoms with Gasteiger partial charge < -0.3 is 10.1 Å². The molecule has 0 bridgehead atoms. The first kappa shape index (κ1) is 11.8. The standard InChI is InChI=1S/C11H16INO/c1-9(2)14-7-6-13-11-5-3-4-10(12)8-11/h3-5,8-9,13H,6-7H2,1-2H3. The summed E-state index contributed by atoms with van der Waals surface area (Å²) in [5.41, 5.74) is 1.16. The highest BCUT2D eigenvalue weighted by atomic mass is 127. The van der Waals surface area contributed by atoms with Gasteiger partial charge >= 0.3 is 0 Å². The number of ether oxygens (including phenoxy) is 1. The predicted molar refractivity (Wildman–Crippen MR) is 68.7 cm³/mol. The van der Waals surface area contributed by atoms with Crippen LogP contribution in [-0.2, 0) is 4.74 Å². The number of rotatable bonds is 5. The lowest BCUT2D eigenvalue weighted by Crippen LogP contribution is -2.13. The molecule has 1 N–H and O–H groups in total. The summed E-state index contributed by atoms with van der Waals surface area (Å²) in [7, 11) is 0. The van der Waals surface area contributed by atoms with Gasteiger partial charge in [0.1, 0.15) is 0 Å². The highest BCUT2D eigenvalue weighted by molar-refractivity contribution is 14.1. The molecule has 1 rings (SSSR count). The second kappa shape index (κ2) is 6.24. The van der Waals surface area contributed by atoms with Crippen molar-refractivity contribution in [1.82, 2.24) is 0 Å². The first-order valence-corrected chi connectivity index (χ1v) is 5.87. The average molecular weight is 305 g/mol. The van der Waals surface area contributed by atoms with Crippen molar-refractivity contribution in [2.24, 2.45) is 0 Å². The van der Waals surface area contributed by atoms with Crippen molar-refractivity contribution in [1.29, 1.82) is 0 Å². The summed E-state index contributed by atoms with van der Waals surface area (Å²) in [5, 5.41) is 3.31. The Bertz CT molecular complexity index is 276. The molecule has 0 atom stereocenters. The maximum atomic E-state index is 5.43. The highest BCUT2D eigenvalue weighted by Crippen LogP contribution is 2.11. The Labute approximate surface area is 99.2 Å². The third-order valence-corrected chi connectivity index (χ3v) is 2.38. The van der Waals surface area contributed by atoms with Gasteiger partial charge in [0.15, 0.2) is 0 Å². The van der Waals surface area contributed by atoms with Gasteiger partial charge in [0.05, 0.1) is 12.7 Å². The third kappa shape index (κ3) is 4.81. The first-order valence-electron chi connectivity index (χ1n) is 4.79. The van der Waals surface area contributed by atoms with Gasteiger partial charge in [-0.2, -0.15) is 0 Å². The van der Waals surface area contributed by atoms with Crippen LogP contribution in [0.5, 0.6) is 0 Å². The summed E-state index contributed by atoms with van der Waals surface area (Å²) in [6, 6.07) is 8.32. The fourth-order valence-corrected chi connectivity index (χ4v) is 1.63. The average Bonchev–Trinajstić information content (AvgIpc) is 2.12. The van der Waals surface area contributed by atoms with Gasteiger partial charge in [-0.05, 0) is 54.6 Å². The van der Waals surface area contributed by atoms with Crippen LogP contribution in [0.15, 0.2) is 24.3 Å². The Morgan fingerprint density at radius 3 is 2.86 bits per heavy atom. The summed E-state index contributed by atoms with van der Waals surface area (Å²) in [6.45, 7) is 5.71. The van der Waals surface area contributed by atoms with E-state index in [4.69, 9.17) is 4.74 Å². The van der Waals surface area contributed by atoms with Crippen LogP contribution in [0.25, 0.3) is 0 Å². The van der Waals surface area contributed by atoms with Crippen molar-refractivity contribution >= 4 is 28.3 Å². The Kier molecular flexibility index (Phi) is 5.25. The van der Waals surface area contributed by atoms with Gasteiger partial charge in [-0.25, -0.2) is 0 Å². The van der Waals surface area contributed by atoms with Crippen LogP contribution in [0.3, 0.4) is 0 Å². The van der Waals surface area contributed by atoms with E-state index in [1.807, 2.05) is 19.9 Å². The van der Waals surface area contributed by atoms with Gasteiger partial charge in [0, 0.05) is 15.8 Å². The van der Waals surface area contributed by atoms with Crippen molar-refractivity contribution in [3.05, 3.63) is 27.8 Å². The predicted octanol–water partition coefficient (Wildman–Crippen LogP) is 3.13. The molecule has 0 aliphatic rings. The van der Waals surface area contributed by atoms with E-state index in [0.717, 1.165) is 18.8 Å². The maximum absolute atomic E-state index is 5.43. The van der Waals surface area contributed by atoms with E-state index in [-0.39, 0.29) is 0 Å². The minimum atomic E-state index is 0.313. The second-order valence-electron chi connectivity index (χ2n) is 3.36. The summed E-state index contributed by atoms with van der Waals surface area (Å²) in [5.74, 6) is 0. The molecule has 14 heavy (non-hydrogen) atoms. The molecule has 0 aliphatic carbocycles. The topological polar surface area (TPSA) is 21.3 Å². The Morgan fingerprint density at radius 1 is 1.43 bits per heavy atom. The largest absolute Gasteiger partial charge is 0.383 e. The molecule has 0 amide bonds. The number of benzene rings is 1. The molecule has 0 heterocycles. The SMILES string of the molecule is CC(C)OCCNc1cccc(I)c1. The lowest BCUT2D eigenvalue weighted by molar-refractivity contribution is 0.0870. The molecule has 0 saturated carbocycles. The molecule has 0 unspecified atom stereocenters. The van der Waals surface area contributed by atoms with Crippen molar-refractivity contribution in [2.75, 3.05) is 18.5 Å². The fraction of sp³-hybridized carbons (Fsp3) is 0.455. The normalized spacial score (nSPS) is 10.6. The summed E-state index contributed by atoms with van der Waals surface area (Å²) < 4.78 is 6.68.